The predicted molar refractivity (Wildman–Crippen MR) is 123 cm³/mol. The lowest BCUT2D eigenvalue weighted by Crippen LogP contribution is -2.32. The number of aromatic amines is 1. The van der Waals surface area contributed by atoms with Crippen LogP contribution < -0.4 is 5.32 Å². The molecule has 1 aromatic heterocycles. The second-order valence-corrected chi connectivity index (χ2v) is 8.57. The van der Waals surface area contributed by atoms with Gasteiger partial charge in [0.1, 0.15) is 0 Å². The number of ether oxygens (including phenoxy) is 1. The van der Waals surface area contributed by atoms with Gasteiger partial charge in [-0.3, -0.25) is 9.89 Å². The molecule has 5 nitrogen and oxygen atoms in total. The van der Waals surface area contributed by atoms with Crippen LogP contribution in [0, 0.1) is 0 Å². The standard InChI is InChI=1S/C25H28ClN3O2/c1-31-16-22(18-9-3-2-4-10-18)27-25(30)24-21-13-6-5-11-19(23(21)28-29-24)14-17-8-7-12-20(26)15-17/h2-4,7-10,12,15,19,22H,5-6,11,13-14,16H2,1H3,(H,27,30)(H,28,29)/t19-,22-/m1/s1. The maximum atomic E-state index is 13.2. The van der Waals surface area contributed by atoms with Crippen LogP contribution in [0.4, 0.5) is 0 Å². The van der Waals surface area contributed by atoms with Gasteiger partial charge in [0.15, 0.2) is 5.69 Å². The fourth-order valence-electron chi connectivity index (χ4n) is 4.45. The topological polar surface area (TPSA) is 67.0 Å². The normalized spacial score (nSPS) is 16.9. The highest BCUT2D eigenvalue weighted by atomic mass is 35.5. The Morgan fingerprint density at radius 2 is 2.06 bits per heavy atom. The van der Waals surface area contributed by atoms with Crippen molar-refractivity contribution in [1.29, 1.82) is 0 Å². The predicted octanol–water partition coefficient (Wildman–Crippen LogP) is 5.23. The molecule has 6 heteroatoms. The summed E-state index contributed by atoms with van der Waals surface area (Å²) in [5.74, 6) is 0.140. The molecule has 0 spiro atoms. The summed E-state index contributed by atoms with van der Waals surface area (Å²) in [6.07, 6.45) is 5.00. The zero-order valence-electron chi connectivity index (χ0n) is 17.7. The Bertz CT molecular complexity index is 1020. The SMILES string of the molecule is COC[C@@H](NC(=O)c1n[nH]c2c1CCCC[C@@H]2Cc1cccc(Cl)c1)c1ccccc1. The zero-order chi connectivity index (χ0) is 21.6. The average Bonchev–Trinajstić information content (AvgIpc) is 3.10. The second kappa shape index (κ2) is 10.1. The average molecular weight is 438 g/mol. The van der Waals surface area contributed by atoms with E-state index in [4.69, 9.17) is 16.3 Å². The first-order valence-electron chi connectivity index (χ1n) is 10.8. The summed E-state index contributed by atoms with van der Waals surface area (Å²) in [6, 6.07) is 17.7. The summed E-state index contributed by atoms with van der Waals surface area (Å²) in [6.45, 7) is 0.403. The van der Waals surface area contributed by atoms with Crippen LogP contribution in [0.2, 0.25) is 5.02 Å². The van der Waals surface area contributed by atoms with Crippen LogP contribution >= 0.6 is 11.6 Å². The molecule has 31 heavy (non-hydrogen) atoms. The number of aromatic nitrogens is 2. The fraction of sp³-hybridized carbons (Fsp3) is 0.360. The Labute approximate surface area is 188 Å². The lowest BCUT2D eigenvalue weighted by molar-refractivity contribution is 0.0890. The van der Waals surface area contributed by atoms with Crippen molar-refractivity contribution in [2.24, 2.45) is 0 Å². The number of fused-ring (bicyclic) bond motifs is 1. The van der Waals surface area contributed by atoms with Crippen LogP contribution in [0.15, 0.2) is 54.6 Å². The van der Waals surface area contributed by atoms with Gasteiger partial charge in [-0.15, -0.1) is 0 Å². The third-order valence-corrected chi connectivity index (χ3v) is 6.20. The molecule has 1 aliphatic rings. The van der Waals surface area contributed by atoms with Crippen molar-refractivity contribution < 1.29 is 9.53 Å². The number of rotatable bonds is 7. The molecular weight excluding hydrogens is 410 g/mol. The maximum Gasteiger partial charge on any atom is 0.272 e. The van der Waals surface area contributed by atoms with Crippen LogP contribution in [0.3, 0.4) is 0 Å². The number of benzene rings is 2. The van der Waals surface area contributed by atoms with Crippen molar-refractivity contribution in [1.82, 2.24) is 15.5 Å². The number of nitrogens with one attached hydrogen (secondary N) is 2. The highest BCUT2D eigenvalue weighted by molar-refractivity contribution is 6.30. The van der Waals surface area contributed by atoms with Crippen LogP contribution in [-0.4, -0.2) is 29.8 Å². The monoisotopic (exact) mass is 437 g/mol. The number of H-pyrrole nitrogens is 1. The van der Waals surface area contributed by atoms with Gasteiger partial charge in [-0.05, 0) is 48.9 Å². The van der Waals surface area contributed by atoms with E-state index in [1.807, 2.05) is 48.5 Å². The van der Waals surface area contributed by atoms with Gasteiger partial charge in [0.2, 0.25) is 0 Å². The summed E-state index contributed by atoms with van der Waals surface area (Å²) < 4.78 is 5.35. The van der Waals surface area contributed by atoms with Crippen molar-refractivity contribution in [3.63, 3.8) is 0 Å². The Kier molecular flexibility index (Phi) is 7.05. The minimum absolute atomic E-state index is 0.160. The van der Waals surface area contributed by atoms with Crippen molar-refractivity contribution in [3.8, 4) is 0 Å². The Morgan fingerprint density at radius 1 is 1.23 bits per heavy atom. The Balaban J connectivity index is 1.56. The lowest BCUT2D eigenvalue weighted by atomic mass is 9.91. The number of nitrogens with zero attached hydrogens (tertiary/aromatic N) is 1. The zero-order valence-corrected chi connectivity index (χ0v) is 18.5. The molecule has 2 atom stereocenters. The van der Waals surface area contributed by atoms with E-state index in [-0.39, 0.29) is 11.9 Å². The van der Waals surface area contributed by atoms with Crippen LogP contribution in [0.5, 0.6) is 0 Å². The first-order chi connectivity index (χ1) is 15.2. The quantitative estimate of drug-likeness (QED) is 0.497. The Hall–Kier alpha value is -2.63. The highest BCUT2D eigenvalue weighted by Crippen LogP contribution is 2.34. The molecule has 1 amide bonds. The molecule has 0 aliphatic heterocycles. The summed E-state index contributed by atoms with van der Waals surface area (Å²) in [7, 11) is 1.64. The first kappa shape index (κ1) is 21.6. The number of hydrogen-bond acceptors (Lipinski definition) is 3. The van der Waals surface area contributed by atoms with Crippen LogP contribution in [-0.2, 0) is 17.6 Å². The number of hydrogen-bond donors (Lipinski definition) is 2. The van der Waals surface area contributed by atoms with E-state index in [1.54, 1.807) is 7.11 Å². The maximum absolute atomic E-state index is 13.2. The summed E-state index contributed by atoms with van der Waals surface area (Å²) >= 11 is 6.18. The number of carbonyl (C=O) groups excluding carboxylic acids is 1. The van der Waals surface area contributed by atoms with Gasteiger partial charge < -0.3 is 10.1 Å². The van der Waals surface area contributed by atoms with E-state index < -0.39 is 0 Å². The van der Waals surface area contributed by atoms with Crippen LogP contribution in [0.1, 0.15) is 64.1 Å². The summed E-state index contributed by atoms with van der Waals surface area (Å²) in [4.78, 5) is 13.2. The van der Waals surface area contributed by atoms with E-state index in [1.165, 1.54) is 5.56 Å². The molecule has 0 saturated heterocycles. The number of halogens is 1. The van der Waals surface area contributed by atoms with Crippen molar-refractivity contribution in [3.05, 3.63) is 87.7 Å². The van der Waals surface area contributed by atoms with E-state index in [0.29, 0.717) is 18.2 Å². The highest BCUT2D eigenvalue weighted by Gasteiger charge is 2.28. The number of amides is 1. The van der Waals surface area contributed by atoms with Crippen LogP contribution in [0.25, 0.3) is 0 Å². The lowest BCUT2D eigenvalue weighted by Gasteiger charge is -2.18. The Morgan fingerprint density at radius 3 is 2.84 bits per heavy atom. The molecule has 3 aromatic rings. The molecule has 2 aromatic carbocycles. The van der Waals surface area contributed by atoms with Crippen molar-refractivity contribution in [2.75, 3.05) is 13.7 Å². The third-order valence-electron chi connectivity index (χ3n) is 5.96. The fourth-order valence-corrected chi connectivity index (χ4v) is 4.66. The minimum Gasteiger partial charge on any atom is -0.382 e. The first-order valence-corrected chi connectivity index (χ1v) is 11.2. The van der Waals surface area contributed by atoms with Gasteiger partial charge in [0.05, 0.1) is 12.6 Å². The van der Waals surface area contributed by atoms with E-state index in [2.05, 4.69) is 21.6 Å². The minimum atomic E-state index is -0.223. The van der Waals surface area contributed by atoms with Gasteiger partial charge in [-0.1, -0.05) is 60.5 Å². The molecule has 162 valence electrons. The molecule has 0 saturated carbocycles. The number of methoxy groups -OCH3 is 1. The molecule has 4 rings (SSSR count). The smallest absolute Gasteiger partial charge is 0.272 e. The molecule has 2 N–H and O–H groups in total. The molecule has 0 bridgehead atoms. The summed E-state index contributed by atoms with van der Waals surface area (Å²) in [5.41, 5.74) is 4.86. The van der Waals surface area contributed by atoms with Crippen molar-refractivity contribution >= 4 is 17.5 Å². The van der Waals surface area contributed by atoms with Crippen molar-refractivity contribution in [2.45, 2.75) is 44.1 Å². The molecule has 1 heterocycles. The third kappa shape index (κ3) is 5.17. The molecule has 0 unspecified atom stereocenters. The number of carbonyl (C=O) groups is 1. The molecular formula is C25H28ClN3O2. The van der Waals surface area contributed by atoms with Gasteiger partial charge >= 0.3 is 0 Å². The van der Waals surface area contributed by atoms with Gasteiger partial charge in [0.25, 0.3) is 5.91 Å². The van der Waals surface area contributed by atoms with Gasteiger partial charge in [-0.25, -0.2) is 0 Å². The largest absolute Gasteiger partial charge is 0.382 e. The molecule has 0 fully saturated rings. The van der Waals surface area contributed by atoms with Gasteiger partial charge in [0, 0.05) is 29.3 Å². The molecule has 0 radical (unpaired) electrons. The van der Waals surface area contributed by atoms with E-state index in [9.17, 15) is 4.79 Å². The van der Waals surface area contributed by atoms with E-state index >= 15 is 0 Å². The summed E-state index contributed by atoms with van der Waals surface area (Å²) in [5, 5.41) is 11.5. The molecule has 1 aliphatic carbocycles. The van der Waals surface area contributed by atoms with Gasteiger partial charge in [-0.2, -0.15) is 5.10 Å². The van der Waals surface area contributed by atoms with E-state index in [0.717, 1.165) is 53.9 Å². The second-order valence-electron chi connectivity index (χ2n) is 8.13.